The van der Waals surface area contributed by atoms with Crippen molar-refractivity contribution in [2.45, 2.75) is 13.0 Å². The lowest BCUT2D eigenvalue weighted by molar-refractivity contribution is 0.0951. The summed E-state index contributed by atoms with van der Waals surface area (Å²) in [6, 6.07) is 16.7. The molecule has 1 amide bonds. The maximum Gasteiger partial charge on any atom is 0.298 e. The standard InChI is InChI=1S/C22H17FN4O2S/c23-18-5-1-15(2-6-18)13-20-26-22(30-27-20)29-19-7-3-17(4-8-19)21(28)25-14-16-9-11-24-12-10-16/h1-12H,13-14H2,(H,25,28). The number of hydrogen-bond donors (Lipinski definition) is 1. The topological polar surface area (TPSA) is 77.0 Å². The molecular formula is C22H17FN4O2S. The van der Waals surface area contributed by atoms with Crippen LogP contribution in [-0.2, 0) is 13.0 Å². The monoisotopic (exact) mass is 420 g/mol. The van der Waals surface area contributed by atoms with E-state index in [-0.39, 0.29) is 11.7 Å². The summed E-state index contributed by atoms with van der Waals surface area (Å²) >= 11 is 1.14. The molecule has 0 saturated heterocycles. The van der Waals surface area contributed by atoms with Crippen LogP contribution in [0.5, 0.6) is 10.9 Å². The van der Waals surface area contributed by atoms with Gasteiger partial charge in [-0.2, -0.15) is 9.36 Å². The highest BCUT2D eigenvalue weighted by molar-refractivity contribution is 7.07. The van der Waals surface area contributed by atoms with Crippen molar-refractivity contribution in [2.24, 2.45) is 0 Å². The SMILES string of the molecule is O=C(NCc1ccncc1)c1ccc(Oc2nc(Cc3ccc(F)cc3)ns2)cc1. The van der Waals surface area contributed by atoms with Crippen LogP contribution in [0.1, 0.15) is 27.3 Å². The van der Waals surface area contributed by atoms with Gasteiger partial charge in [0, 0.05) is 42.5 Å². The maximum atomic E-state index is 13.0. The summed E-state index contributed by atoms with van der Waals surface area (Å²) < 4.78 is 23.0. The molecule has 0 aliphatic heterocycles. The molecule has 0 atom stereocenters. The summed E-state index contributed by atoms with van der Waals surface area (Å²) in [6.07, 6.45) is 3.87. The van der Waals surface area contributed by atoms with Gasteiger partial charge in [0.25, 0.3) is 11.1 Å². The van der Waals surface area contributed by atoms with Gasteiger partial charge in [0.2, 0.25) is 0 Å². The molecule has 0 aliphatic rings. The van der Waals surface area contributed by atoms with Crippen LogP contribution in [0.15, 0.2) is 73.1 Å². The minimum atomic E-state index is -0.275. The van der Waals surface area contributed by atoms with E-state index < -0.39 is 0 Å². The Morgan fingerprint density at radius 1 is 0.967 bits per heavy atom. The quantitative estimate of drug-likeness (QED) is 0.480. The van der Waals surface area contributed by atoms with Crippen molar-refractivity contribution in [1.82, 2.24) is 19.7 Å². The van der Waals surface area contributed by atoms with Crippen molar-refractivity contribution in [3.05, 3.63) is 101 Å². The van der Waals surface area contributed by atoms with Crippen LogP contribution >= 0.6 is 11.5 Å². The Morgan fingerprint density at radius 2 is 1.70 bits per heavy atom. The van der Waals surface area contributed by atoms with E-state index >= 15 is 0 Å². The highest BCUT2D eigenvalue weighted by Crippen LogP contribution is 2.24. The smallest absolute Gasteiger partial charge is 0.298 e. The average Bonchev–Trinajstić information content (AvgIpc) is 3.21. The van der Waals surface area contributed by atoms with E-state index in [0.717, 1.165) is 22.7 Å². The minimum absolute atomic E-state index is 0.170. The number of aromatic nitrogens is 3. The maximum absolute atomic E-state index is 13.0. The van der Waals surface area contributed by atoms with Crippen LogP contribution in [-0.4, -0.2) is 20.2 Å². The lowest BCUT2D eigenvalue weighted by Crippen LogP contribution is -2.22. The number of hydrogen-bond acceptors (Lipinski definition) is 6. The molecule has 0 aliphatic carbocycles. The number of benzene rings is 2. The Kier molecular flexibility index (Phi) is 6.05. The van der Waals surface area contributed by atoms with Gasteiger partial charge in [-0.1, -0.05) is 12.1 Å². The summed E-state index contributed by atoms with van der Waals surface area (Å²) in [7, 11) is 0. The third-order valence-electron chi connectivity index (χ3n) is 4.25. The minimum Gasteiger partial charge on any atom is -0.430 e. The zero-order valence-electron chi connectivity index (χ0n) is 15.8. The highest BCUT2D eigenvalue weighted by atomic mass is 32.1. The number of nitrogens with one attached hydrogen (secondary N) is 1. The molecule has 150 valence electrons. The Balaban J connectivity index is 1.32. The van der Waals surface area contributed by atoms with Crippen molar-refractivity contribution in [1.29, 1.82) is 0 Å². The van der Waals surface area contributed by atoms with Crippen LogP contribution in [0.4, 0.5) is 4.39 Å². The fraction of sp³-hybridized carbons (Fsp3) is 0.0909. The molecule has 0 spiro atoms. The molecule has 4 aromatic rings. The van der Waals surface area contributed by atoms with E-state index in [2.05, 4.69) is 19.7 Å². The number of ether oxygens (including phenoxy) is 1. The van der Waals surface area contributed by atoms with Crippen LogP contribution < -0.4 is 10.1 Å². The second-order valence-corrected chi connectivity index (χ2v) is 7.16. The normalized spacial score (nSPS) is 10.6. The van der Waals surface area contributed by atoms with E-state index in [0.29, 0.717) is 35.3 Å². The third kappa shape index (κ3) is 5.24. The molecule has 6 nitrogen and oxygen atoms in total. The van der Waals surface area contributed by atoms with E-state index in [1.54, 1.807) is 48.8 Å². The van der Waals surface area contributed by atoms with Gasteiger partial charge in [0.15, 0.2) is 5.82 Å². The Morgan fingerprint density at radius 3 is 2.43 bits per heavy atom. The molecule has 2 heterocycles. The average molecular weight is 420 g/mol. The van der Waals surface area contributed by atoms with Gasteiger partial charge in [-0.25, -0.2) is 4.39 Å². The molecule has 0 bridgehead atoms. The van der Waals surface area contributed by atoms with Crippen molar-refractivity contribution in [3.63, 3.8) is 0 Å². The molecule has 0 unspecified atom stereocenters. The summed E-state index contributed by atoms with van der Waals surface area (Å²) in [4.78, 5) is 20.6. The highest BCUT2D eigenvalue weighted by Gasteiger charge is 2.09. The van der Waals surface area contributed by atoms with Crippen molar-refractivity contribution >= 4 is 17.4 Å². The molecular weight excluding hydrogens is 403 g/mol. The van der Waals surface area contributed by atoms with Crippen molar-refractivity contribution in [2.75, 3.05) is 0 Å². The van der Waals surface area contributed by atoms with Crippen LogP contribution in [0.2, 0.25) is 0 Å². The van der Waals surface area contributed by atoms with Gasteiger partial charge in [0.05, 0.1) is 0 Å². The first-order chi connectivity index (χ1) is 14.7. The van der Waals surface area contributed by atoms with Crippen LogP contribution in [0.3, 0.4) is 0 Å². The fourth-order valence-electron chi connectivity index (χ4n) is 2.70. The largest absolute Gasteiger partial charge is 0.430 e. The Bertz CT molecular complexity index is 1120. The zero-order chi connectivity index (χ0) is 20.8. The summed E-state index contributed by atoms with van der Waals surface area (Å²) in [6.45, 7) is 0.432. The van der Waals surface area contributed by atoms with Crippen molar-refractivity contribution in [3.8, 4) is 10.9 Å². The molecule has 0 fully saturated rings. The van der Waals surface area contributed by atoms with Crippen LogP contribution in [0, 0.1) is 5.82 Å². The number of amides is 1. The molecule has 8 heteroatoms. The third-order valence-corrected chi connectivity index (χ3v) is 4.88. The van der Waals surface area contributed by atoms with E-state index in [4.69, 9.17) is 4.74 Å². The van der Waals surface area contributed by atoms with Gasteiger partial charge in [-0.15, -0.1) is 0 Å². The van der Waals surface area contributed by atoms with E-state index in [1.165, 1.54) is 12.1 Å². The summed E-state index contributed by atoms with van der Waals surface area (Å²) in [5.74, 6) is 0.721. The van der Waals surface area contributed by atoms with Gasteiger partial charge < -0.3 is 10.1 Å². The summed E-state index contributed by atoms with van der Waals surface area (Å²) in [5.41, 5.74) is 2.43. The second-order valence-electron chi connectivity index (χ2n) is 6.44. The molecule has 0 radical (unpaired) electrons. The Labute approximate surface area is 176 Å². The summed E-state index contributed by atoms with van der Waals surface area (Å²) in [5, 5.41) is 3.27. The predicted octanol–water partition coefficient (Wildman–Crippen LogP) is 4.39. The van der Waals surface area contributed by atoms with Crippen molar-refractivity contribution < 1.29 is 13.9 Å². The zero-order valence-corrected chi connectivity index (χ0v) is 16.6. The lowest BCUT2D eigenvalue weighted by atomic mass is 10.1. The predicted molar refractivity (Wildman–Crippen MR) is 111 cm³/mol. The fourth-order valence-corrected chi connectivity index (χ4v) is 3.26. The molecule has 30 heavy (non-hydrogen) atoms. The van der Waals surface area contributed by atoms with Gasteiger partial charge in [-0.05, 0) is 59.7 Å². The number of rotatable bonds is 7. The first kappa shape index (κ1) is 19.7. The number of carbonyl (C=O) groups is 1. The molecule has 2 aromatic carbocycles. The number of carbonyl (C=O) groups excluding carboxylic acids is 1. The first-order valence-corrected chi connectivity index (χ1v) is 9.95. The number of nitrogens with zero attached hydrogens (tertiary/aromatic N) is 3. The van der Waals surface area contributed by atoms with Crippen LogP contribution in [0.25, 0.3) is 0 Å². The van der Waals surface area contributed by atoms with Gasteiger partial charge in [-0.3, -0.25) is 9.78 Å². The molecule has 0 saturated carbocycles. The molecule has 2 aromatic heterocycles. The molecule has 1 N–H and O–H groups in total. The van der Waals surface area contributed by atoms with E-state index in [9.17, 15) is 9.18 Å². The number of halogens is 1. The Hall–Kier alpha value is -3.65. The van der Waals surface area contributed by atoms with Gasteiger partial charge >= 0.3 is 0 Å². The molecule has 4 rings (SSSR count). The van der Waals surface area contributed by atoms with E-state index in [1.807, 2.05) is 12.1 Å². The van der Waals surface area contributed by atoms with Gasteiger partial charge in [0.1, 0.15) is 11.6 Å². The first-order valence-electron chi connectivity index (χ1n) is 9.18. The number of pyridine rings is 1. The lowest BCUT2D eigenvalue weighted by Gasteiger charge is -2.06. The second kappa shape index (κ2) is 9.23.